The van der Waals surface area contributed by atoms with Crippen molar-refractivity contribution in [2.45, 2.75) is 63.5 Å². The number of rotatable bonds is 6. The quantitative estimate of drug-likeness (QED) is 0.677. The molecule has 0 aliphatic heterocycles. The molecule has 0 saturated heterocycles. The van der Waals surface area contributed by atoms with E-state index >= 15 is 0 Å². The fourth-order valence-corrected chi connectivity index (χ4v) is 6.12. The van der Waals surface area contributed by atoms with Crippen molar-refractivity contribution in [3.63, 3.8) is 0 Å². The van der Waals surface area contributed by atoms with E-state index in [1.165, 1.54) is 19.3 Å². The van der Waals surface area contributed by atoms with Gasteiger partial charge in [0.05, 0.1) is 5.41 Å². The van der Waals surface area contributed by atoms with Gasteiger partial charge in [0.25, 0.3) is 0 Å². The van der Waals surface area contributed by atoms with E-state index in [2.05, 4.69) is 16.2 Å². The van der Waals surface area contributed by atoms with Gasteiger partial charge in [-0.3, -0.25) is 15.0 Å². The molecule has 0 aromatic heterocycles. The Labute approximate surface area is 160 Å². The Kier molecular flexibility index (Phi) is 4.23. The zero-order valence-corrected chi connectivity index (χ0v) is 15.7. The normalized spacial score (nSPS) is 34.9. The summed E-state index contributed by atoms with van der Waals surface area (Å²) < 4.78 is 0. The van der Waals surface area contributed by atoms with Crippen molar-refractivity contribution in [1.29, 1.82) is 0 Å². The van der Waals surface area contributed by atoms with Crippen molar-refractivity contribution in [2.75, 3.05) is 0 Å². The molecule has 1 atom stereocenters. The fraction of sp³-hybridized carbons (Fsp3) is 0.636. The Morgan fingerprint density at radius 3 is 2.07 bits per heavy atom. The van der Waals surface area contributed by atoms with Crippen LogP contribution in [-0.2, 0) is 9.59 Å². The average molecular weight is 367 g/mol. The van der Waals surface area contributed by atoms with Gasteiger partial charge in [-0.25, -0.2) is 5.43 Å². The van der Waals surface area contributed by atoms with E-state index in [0.717, 1.165) is 55.4 Å². The third-order valence-corrected chi connectivity index (χ3v) is 7.17. The summed E-state index contributed by atoms with van der Waals surface area (Å²) in [6.45, 7) is 0. The lowest BCUT2D eigenvalue weighted by Gasteiger charge is -2.55. The maximum absolute atomic E-state index is 13.2. The van der Waals surface area contributed by atoms with Gasteiger partial charge in [0.1, 0.15) is 6.04 Å². The summed E-state index contributed by atoms with van der Waals surface area (Å²) in [5.41, 5.74) is 6.71. The van der Waals surface area contributed by atoms with Crippen molar-refractivity contribution in [2.24, 2.45) is 23.2 Å². The van der Waals surface area contributed by atoms with Crippen molar-refractivity contribution < 1.29 is 9.59 Å². The van der Waals surface area contributed by atoms with Gasteiger partial charge < -0.3 is 5.32 Å². The minimum absolute atomic E-state index is 0.0606. The van der Waals surface area contributed by atoms with E-state index in [-0.39, 0.29) is 17.2 Å². The van der Waals surface area contributed by atoms with Crippen molar-refractivity contribution in [3.05, 3.63) is 35.9 Å². The molecule has 5 nitrogen and oxygen atoms in total. The molecule has 5 saturated carbocycles. The highest BCUT2D eigenvalue weighted by atomic mass is 16.2. The van der Waals surface area contributed by atoms with Gasteiger partial charge in [0, 0.05) is 6.04 Å². The Balaban J connectivity index is 1.29. The van der Waals surface area contributed by atoms with Gasteiger partial charge in [-0.2, -0.15) is 0 Å². The Morgan fingerprint density at radius 2 is 1.52 bits per heavy atom. The molecule has 0 radical (unpaired) electrons. The lowest BCUT2D eigenvalue weighted by atomic mass is 9.49. The van der Waals surface area contributed by atoms with Gasteiger partial charge in [0.2, 0.25) is 11.8 Å². The number of hydrazine groups is 1. The minimum Gasteiger partial charge on any atom is -0.352 e. The predicted molar refractivity (Wildman–Crippen MR) is 102 cm³/mol. The molecule has 6 rings (SSSR count). The molecule has 4 bridgehead atoms. The first-order valence-corrected chi connectivity index (χ1v) is 10.5. The molecule has 3 N–H and O–H groups in total. The lowest BCUT2D eigenvalue weighted by Crippen LogP contribution is -2.57. The largest absolute Gasteiger partial charge is 0.352 e. The van der Waals surface area contributed by atoms with Gasteiger partial charge in [0.15, 0.2) is 0 Å². The average Bonchev–Trinajstić information content (AvgIpc) is 3.45. The first kappa shape index (κ1) is 17.2. The molecule has 1 aromatic rings. The van der Waals surface area contributed by atoms with Crippen LogP contribution in [0, 0.1) is 23.2 Å². The Hall–Kier alpha value is -1.88. The fourth-order valence-electron chi connectivity index (χ4n) is 6.12. The summed E-state index contributed by atoms with van der Waals surface area (Å²) in [5.74, 6) is 2.22. The third-order valence-electron chi connectivity index (χ3n) is 7.17. The van der Waals surface area contributed by atoms with Gasteiger partial charge >= 0.3 is 0 Å². The minimum atomic E-state index is -0.551. The summed E-state index contributed by atoms with van der Waals surface area (Å²) in [6.07, 6.45) is 9.12. The Bertz CT molecular complexity index is 693. The second kappa shape index (κ2) is 6.62. The van der Waals surface area contributed by atoms with Crippen LogP contribution in [0.25, 0.3) is 0 Å². The topological polar surface area (TPSA) is 70.2 Å². The maximum Gasteiger partial charge on any atom is 0.243 e. The van der Waals surface area contributed by atoms with Crippen molar-refractivity contribution >= 4 is 11.8 Å². The van der Waals surface area contributed by atoms with E-state index in [0.29, 0.717) is 6.04 Å². The molecule has 2 amide bonds. The van der Waals surface area contributed by atoms with Crippen LogP contribution in [0.3, 0.4) is 0 Å². The molecule has 5 heteroatoms. The second-order valence-electron chi connectivity index (χ2n) is 9.42. The maximum atomic E-state index is 13.2. The first-order chi connectivity index (χ1) is 13.1. The van der Waals surface area contributed by atoms with Crippen LogP contribution < -0.4 is 16.2 Å². The molecule has 144 valence electrons. The van der Waals surface area contributed by atoms with Crippen LogP contribution in [0.15, 0.2) is 30.3 Å². The monoisotopic (exact) mass is 367 g/mol. The van der Waals surface area contributed by atoms with Gasteiger partial charge in [-0.05, 0) is 74.7 Å². The van der Waals surface area contributed by atoms with E-state index in [9.17, 15) is 9.59 Å². The summed E-state index contributed by atoms with van der Waals surface area (Å²) >= 11 is 0. The second-order valence-corrected chi connectivity index (χ2v) is 9.42. The highest BCUT2D eigenvalue weighted by molar-refractivity contribution is 5.86. The van der Waals surface area contributed by atoms with E-state index in [4.69, 9.17) is 0 Å². The number of hydrogen-bond acceptors (Lipinski definition) is 3. The zero-order valence-electron chi connectivity index (χ0n) is 15.7. The van der Waals surface area contributed by atoms with Gasteiger partial charge in [-0.15, -0.1) is 0 Å². The molecule has 0 heterocycles. The lowest BCUT2D eigenvalue weighted by molar-refractivity contribution is -0.147. The molecule has 27 heavy (non-hydrogen) atoms. The van der Waals surface area contributed by atoms with Crippen molar-refractivity contribution in [1.82, 2.24) is 16.2 Å². The molecule has 5 aliphatic carbocycles. The SMILES string of the molecule is O=C(NC1CC1)C(NNC(=O)C12CC3CC(CC(C3)C1)C2)c1ccccc1. The summed E-state index contributed by atoms with van der Waals surface area (Å²) in [5, 5.41) is 3.06. The number of nitrogens with one attached hydrogen (secondary N) is 3. The summed E-state index contributed by atoms with van der Waals surface area (Å²) in [4.78, 5) is 25.9. The van der Waals surface area contributed by atoms with Crippen LogP contribution in [0.4, 0.5) is 0 Å². The Morgan fingerprint density at radius 1 is 0.926 bits per heavy atom. The molecule has 1 unspecified atom stereocenters. The predicted octanol–water partition coefficient (Wildman–Crippen LogP) is 2.84. The highest BCUT2D eigenvalue weighted by Crippen LogP contribution is 2.60. The van der Waals surface area contributed by atoms with E-state index < -0.39 is 6.04 Å². The van der Waals surface area contributed by atoms with Crippen LogP contribution in [0.1, 0.15) is 63.0 Å². The molecule has 1 aromatic carbocycles. The van der Waals surface area contributed by atoms with E-state index in [1.807, 2.05) is 30.3 Å². The molecule has 0 spiro atoms. The summed E-state index contributed by atoms with van der Waals surface area (Å²) in [7, 11) is 0. The third kappa shape index (κ3) is 3.38. The molecular formula is C22H29N3O2. The van der Waals surface area contributed by atoms with Crippen LogP contribution in [0.5, 0.6) is 0 Å². The number of benzene rings is 1. The number of amides is 2. The standard InChI is InChI=1S/C22H29N3O2/c26-20(23-18-6-7-18)19(17-4-2-1-3-5-17)24-25-21(27)22-11-14-8-15(12-22)10-16(9-14)13-22/h1-5,14-16,18-19,24H,6-13H2,(H,23,26)(H,25,27). The van der Waals surface area contributed by atoms with Gasteiger partial charge in [-0.1, -0.05) is 30.3 Å². The summed E-state index contributed by atoms with van der Waals surface area (Å²) in [6, 6.07) is 9.40. The van der Waals surface area contributed by atoms with Crippen LogP contribution in [0.2, 0.25) is 0 Å². The van der Waals surface area contributed by atoms with E-state index in [1.54, 1.807) is 0 Å². The number of hydrogen-bond donors (Lipinski definition) is 3. The van der Waals surface area contributed by atoms with Crippen LogP contribution >= 0.6 is 0 Å². The smallest absolute Gasteiger partial charge is 0.243 e. The highest BCUT2D eigenvalue weighted by Gasteiger charge is 2.54. The van der Waals surface area contributed by atoms with Crippen LogP contribution in [-0.4, -0.2) is 17.9 Å². The number of carbonyl (C=O) groups is 2. The molecule has 5 aliphatic rings. The zero-order chi connectivity index (χ0) is 18.4. The molecule has 5 fully saturated rings. The molecular weight excluding hydrogens is 338 g/mol. The van der Waals surface area contributed by atoms with Crippen molar-refractivity contribution in [3.8, 4) is 0 Å². The first-order valence-electron chi connectivity index (χ1n) is 10.5. The number of carbonyl (C=O) groups excluding carboxylic acids is 2.